The molecule has 8 aromatic rings. The van der Waals surface area contributed by atoms with Crippen LogP contribution in [-0.4, -0.2) is 69.4 Å². The topological polar surface area (TPSA) is 233 Å². The van der Waals surface area contributed by atoms with Crippen LogP contribution in [0.15, 0.2) is 111 Å². The molecule has 7 heterocycles. The first-order chi connectivity index (χ1) is 28.3. The molecule has 0 aliphatic carbocycles. The van der Waals surface area contributed by atoms with Gasteiger partial charge in [0.05, 0.1) is 24.0 Å². The molecule has 298 valence electrons. The van der Waals surface area contributed by atoms with Crippen molar-refractivity contribution < 1.29 is 14.0 Å². The molecule has 7 aromatic heterocycles. The van der Waals surface area contributed by atoms with Gasteiger partial charge in [-0.1, -0.05) is 6.07 Å². The Hall–Kier alpha value is -8.23. The first kappa shape index (κ1) is 39.0. The predicted octanol–water partition coefficient (Wildman–Crippen LogP) is 1.20. The quantitative estimate of drug-likeness (QED) is 0.221. The number of carbonyl (C=O) groups is 2. The summed E-state index contributed by atoms with van der Waals surface area (Å²) in [5.41, 5.74) is 1.55. The van der Waals surface area contributed by atoms with Crippen LogP contribution in [0.1, 0.15) is 0 Å². The van der Waals surface area contributed by atoms with Gasteiger partial charge in [-0.25, -0.2) is 28.9 Å². The molecule has 21 heteroatoms. The molecule has 0 bridgehead atoms. The number of hydrogen-bond acceptors (Lipinski definition) is 12. The summed E-state index contributed by atoms with van der Waals surface area (Å²) in [5, 5.41) is 13.3. The Morgan fingerprint density at radius 3 is 1.61 bits per heavy atom. The Morgan fingerprint density at radius 1 is 0.576 bits per heavy atom. The van der Waals surface area contributed by atoms with Crippen molar-refractivity contribution in [3.63, 3.8) is 0 Å². The zero-order chi connectivity index (χ0) is 42.0. The van der Waals surface area contributed by atoms with Crippen molar-refractivity contribution in [2.45, 2.75) is 13.1 Å². The third-order valence-electron chi connectivity index (χ3n) is 9.13. The van der Waals surface area contributed by atoms with E-state index in [0.717, 1.165) is 20.4 Å². The zero-order valence-corrected chi connectivity index (χ0v) is 31.8. The number of halogens is 1. The molecule has 1 aromatic carbocycles. The maximum Gasteiger partial charge on any atom is 0.332 e. The van der Waals surface area contributed by atoms with Gasteiger partial charge in [0.2, 0.25) is 11.8 Å². The first-order valence-electron chi connectivity index (χ1n) is 17.6. The molecule has 0 unspecified atom stereocenters. The number of amides is 2. The van der Waals surface area contributed by atoms with Crippen molar-refractivity contribution in [3.05, 3.63) is 139 Å². The molecule has 0 aliphatic rings. The van der Waals surface area contributed by atoms with Crippen LogP contribution in [0.25, 0.3) is 44.8 Å². The van der Waals surface area contributed by atoms with Crippen molar-refractivity contribution >= 4 is 45.8 Å². The molecular weight excluding hydrogens is 768 g/mol. The number of anilines is 2. The van der Waals surface area contributed by atoms with Crippen LogP contribution in [0, 0.1) is 5.82 Å². The molecule has 59 heavy (non-hydrogen) atoms. The van der Waals surface area contributed by atoms with E-state index in [-0.39, 0.29) is 53.0 Å². The van der Waals surface area contributed by atoms with Crippen molar-refractivity contribution in [3.8, 4) is 22.5 Å². The number of benzene rings is 1. The van der Waals surface area contributed by atoms with Crippen LogP contribution in [0.2, 0.25) is 0 Å². The smallest absolute Gasteiger partial charge is 0.315 e. The number of carbonyl (C=O) groups excluding carboxylic acids is 2. The lowest BCUT2D eigenvalue weighted by Crippen LogP contribution is -2.37. The summed E-state index contributed by atoms with van der Waals surface area (Å²) < 4.78 is 20.3. The van der Waals surface area contributed by atoms with Gasteiger partial charge in [-0.05, 0) is 60.7 Å². The summed E-state index contributed by atoms with van der Waals surface area (Å²) in [6.45, 7) is -0.348. The summed E-state index contributed by atoms with van der Waals surface area (Å²) in [5.74, 6) is -0.583. The normalized spacial score (nSPS) is 11.0. The minimum absolute atomic E-state index is 0.145. The molecule has 0 fully saturated rings. The van der Waals surface area contributed by atoms with E-state index in [2.05, 4.69) is 40.8 Å². The molecule has 2 N–H and O–H groups in total. The second-order valence-corrected chi connectivity index (χ2v) is 13.1. The number of nitrogens with zero attached hydrogens (tertiary/aromatic N) is 12. The third kappa shape index (κ3) is 7.92. The summed E-state index contributed by atoms with van der Waals surface area (Å²) in [6, 6.07) is 18.1. The van der Waals surface area contributed by atoms with Crippen LogP contribution < -0.4 is 33.1 Å². The van der Waals surface area contributed by atoms with E-state index < -0.39 is 28.4 Å². The highest BCUT2D eigenvalue weighted by Crippen LogP contribution is 2.19. The lowest BCUT2D eigenvalue weighted by Gasteiger charge is -2.08. The summed E-state index contributed by atoms with van der Waals surface area (Å²) in [4.78, 5) is 90.3. The van der Waals surface area contributed by atoms with Crippen LogP contribution in [0.5, 0.6) is 0 Å². The van der Waals surface area contributed by atoms with Gasteiger partial charge < -0.3 is 19.8 Å². The van der Waals surface area contributed by atoms with Gasteiger partial charge in [-0.3, -0.25) is 42.4 Å². The second-order valence-electron chi connectivity index (χ2n) is 13.1. The Bertz CT molecular complexity index is 3110. The molecule has 0 saturated carbocycles. The van der Waals surface area contributed by atoms with Gasteiger partial charge in [0, 0.05) is 51.7 Å². The molecule has 0 saturated heterocycles. The summed E-state index contributed by atoms with van der Waals surface area (Å²) in [7, 11) is 5.77. The lowest BCUT2D eigenvalue weighted by atomic mass is 10.1. The van der Waals surface area contributed by atoms with Gasteiger partial charge >= 0.3 is 11.4 Å². The van der Waals surface area contributed by atoms with Gasteiger partial charge in [-0.2, -0.15) is 0 Å². The highest BCUT2D eigenvalue weighted by Gasteiger charge is 2.18. The fourth-order valence-electron chi connectivity index (χ4n) is 6.03. The summed E-state index contributed by atoms with van der Waals surface area (Å²) >= 11 is 0. The number of aromatic nitrogens is 12. The average molecular weight is 801 g/mol. The Kier molecular flexibility index (Phi) is 10.6. The van der Waals surface area contributed by atoms with Gasteiger partial charge in [0.25, 0.3) is 11.1 Å². The van der Waals surface area contributed by atoms with Gasteiger partial charge in [0.1, 0.15) is 24.7 Å². The van der Waals surface area contributed by atoms with Crippen LogP contribution >= 0.6 is 0 Å². The minimum Gasteiger partial charge on any atom is -0.315 e. The van der Waals surface area contributed by atoms with E-state index >= 15 is 0 Å². The molecule has 0 radical (unpaired) electrons. The van der Waals surface area contributed by atoms with Crippen LogP contribution in [0.4, 0.5) is 16.0 Å². The summed E-state index contributed by atoms with van der Waals surface area (Å²) in [6.07, 6.45) is 6.01. The molecule has 8 rings (SSSR count). The van der Waals surface area contributed by atoms with E-state index in [9.17, 15) is 33.2 Å². The standard InChI is InChI=1S/C19H16FN7O3.C19H17N7O3/c1-25-17-16(18(29)26(2)19(25)30)27(10-21-17)9-15(28)22-14-8-7-13(23-24-14)11-3-5-12(20)6-4-11;1-24-17-16(18(28)25(2)19(24)29)26(11-22-17)10-15(27)23-14-7-6-12(9-21-14)13-5-3-4-8-20-13/h3-8,10H,9H2,1-2H3,(H,22,24,28);3-9,11H,10H2,1-2H3,(H,21,23,27). The molecule has 0 spiro atoms. The van der Waals surface area contributed by atoms with Crippen LogP contribution in [0.3, 0.4) is 0 Å². The zero-order valence-electron chi connectivity index (χ0n) is 31.8. The highest BCUT2D eigenvalue weighted by atomic mass is 19.1. The fourth-order valence-corrected chi connectivity index (χ4v) is 6.03. The van der Waals surface area contributed by atoms with Gasteiger partial charge in [0.15, 0.2) is 28.1 Å². The van der Waals surface area contributed by atoms with Crippen molar-refractivity contribution in [1.82, 2.24) is 57.5 Å². The third-order valence-corrected chi connectivity index (χ3v) is 9.13. The minimum atomic E-state index is -0.540. The maximum atomic E-state index is 13.0. The monoisotopic (exact) mass is 800 g/mol. The number of pyridine rings is 2. The Labute approximate surface area is 330 Å². The number of hydrogen-bond donors (Lipinski definition) is 2. The Morgan fingerprint density at radius 2 is 1.12 bits per heavy atom. The van der Waals surface area contributed by atoms with Crippen molar-refractivity contribution in [2.24, 2.45) is 28.2 Å². The second kappa shape index (κ2) is 16.1. The molecular formula is C38H33FN14O6. The van der Waals surface area contributed by atoms with E-state index in [1.54, 1.807) is 42.7 Å². The van der Waals surface area contributed by atoms with Crippen LogP contribution in [-0.2, 0) is 50.9 Å². The Balaban J connectivity index is 0.000000179. The van der Waals surface area contributed by atoms with Crippen molar-refractivity contribution in [1.29, 1.82) is 0 Å². The number of aryl methyl sites for hydroxylation is 2. The van der Waals surface area contributed by atoms with E-state index in [1.807, 2.05) is 24.3 Å². The molecule has 0 atom stereocenters. The predicted molar refractivity (Wildman–Crippen MR) is 213 cm³/mol. The number of nitrogens with one attached hydrogen (secondary N) is 2. The number of fused-ring (bicyclic) bond motifs is 2. The lowest BCUT2D eigenvalue weighted by molar-refractivity contribution is -0.117. The molecule has 2 amide bonds. The fraction of sp³-hybridized carbons (Fsp3) is 0.158. The average Bonchev–Trinajstić information content (AvgIpc) is 3.86. The SMILES string of the molecule is Cn1c(=O)c2c(ncn2CC(=O)Nc2ccc(-c3ccc(F)cc3)nn2)n(C)c1=O.Cn1c(=O)c2c(ncn2CC(=O)Nc2ccc(-c3ccccn3)cn2)n(C)c1=O. The highest BCUT2D eigenvalue weighted by molar-refractivity contribution is 5.91. The van der Waals surface area contributed by atoms with E-state index in [1.165, 1.54) is 71.2 Å². The van der Waals surface area contributed by atoms with E-state index in [0.29, 0.717) is 17.1 Å². The maximum absolute atomic E-state index is 13.0. The number of imidazole rings is 2. The van der Waals surface area contributed by atoms with E-state index in [4.69, 9.17) is 0 Å². The number of rotatable bonds is 8. The first-order valence-corrected chi connectivity index (χ1v) is 17.6. The molecule has 0 aliphatic heterocycles. The van der Waals surface area contributed by atoms with Crippen molar-refractivity contribution in [2.75, 3.05) is 10.6 Å². The molecule has 20 nitrogen and oxygen atoms in total. The van der Waals surface area contributed by atoms with Gasteiger partial charge in [-0.15, -0.1) is 10.2 Å². The largest absolute Gasteiger partial charge is 0.332 e.